The largest absolute Gasteiger partial charge is 0.452 e. The molecule has 6 nitrogen and oxygen atoms in total. The van der Waals surface area contributed by atoms with Crippen LogP contribution in [0.15, 0.2) is 54.1 Å². The molecule has 6 heteroatoms. The number of carbonyl (C=O) groups is 2. The monoisotopic (exact) mass is 391 g/mol. The average molecular weight is 391 g/mol. The summed E-state index contributed by atoms with van der Waals surface area (Å²) >= 11 is 0. The van der Waals surface area contributed by atoms with Crippen molar-refractivity contribution in [2.45, 2.75) is 19.8 Å². The fraction of sp³-hybridized carbons (Fsp3) is 0.348. The van der Waals surface area contributed by atoms with Crippen molar-refractivity contribution in [2.75, 3.05) is 26.0 Å². The summed E-state index contributed by atoms with van der Waals surface area (Å²) in [6, 6.07) is 7.62. The van der Waals surface area contributed by atoms with Crippen LogP contribution >= 0.6 is 0 Å². The smallest absolute Gasteiger partial charge is 0.229 e. The van der Waals surface area contributed by atoms with Crippen molar-refractivity contribution in [3.05, 3.63) is 65.3 Å². The van der Waals surface area contributed by atoms with E-state index in [2.05, 4.69) is 6.07 Å². The molecule has 1 aromatic rings. The van der Waals surface area contributed by atoms with E-state index in [4.69, 9.17) is 10.00 Å². The van der Waals surface area contributed by atoms with Gasteiger partial charge in [-0.05, 0) is 48.3 Å². The maximum atomic E-state index is 13.2. The molecule has 2 atom stereocenters. The molecule has 0 N–H and O–H groups in total. The van der Waals surface area contributed by atoms with Gasteiger partial charge in [0.25, 0.3) is 0 Å². The Kier molecular flexibility index (Phi) is 5.88. The van der Waals surface area contributed by atoms with Gasteiger partial charge in [-0.1, -0.05) is 13.0 Å². The van der Waals surface area contributed by atoms with E-state index in [0.29, 0.717) is 24.2 Å². The normalized spacial score (nSPS) is 21.2. The Bertz CT molecular complexity index is 966. The molecule has 3 rings (SSSR count). The number of amides is 1. The van der Waals surface area contributed by atoms with Crippen molar-refractivity contribution in [3.63, 3.8) is 0 Å². The van der Waals surface area contributed by atoms with Gasteiger partial charge in [0.05, 0.1) is 12.0 Å². The standard InChI is InChI=1S/C23H25N3O3/c1-15-11-19(8-5-18(15)13-24)29-21(14-25(2)3)23(28)17-6-9-20-16(12-17)7-10-22(27)26(20)4/h5-6,8-9,11-12,14-15,18H,7,10H2,1-4H3/b21-14-. The summed E-state index contributed by atoms with van der Waals surface area (Å²) in [5.41, 5.74) is 2.33. The second-order valence-corrected chi connectivity index (χ2v) is 7.63. The molecule has 0 fully saturated rings. The van der Waals surface area contributed by atoms with Crippen LogP contribution in [0.4, 0.5) is 5.69 Å². The first-order chi connectivity index (χ1) is 13.8. The minimum atomic E-state index is -0.231. The van der Waals surface area contributed by atoms with Crippen molar-refractivity contribution in [2.24, 2.45) is 11.8 Å². The van der Waals surface area contributed by atoms with Gasteiger partial charge in [-0.3, -0.25) is 9.59 Å². The molecule has 29 heavy (non-hydrogen) atoms. The fourth-order valence-corrected chi connectivity index (χ4v) is 3.45. The molecule has 1 amide bonds. The molecular formula is C23H25N3O3. The zero-order valence-electron chi connectivity index (χ0n) is 17.2. The van der Waals surface area contributed by atoms with E-state index < -0.39 is 0 Å². The number of ketones is 1. The molecule has 150 valence electrons. The van der Waals surface area contributed by atoms with Gasteiger partial charge in [0.1, 0.15) is 5.76 Å². The van der Waals surface area contributed by atoms with Gasteiger partial charge in [0.2, 0.25) is 11.7 Å². The number of aryl methyl sites for hydroxylation is 1. The minimum Gasteiger partial charge on any atom is -0.452 e. The third-order valence-electron chi connectivity index (χ3n) is 5.12. The maximum Gasteiger partial charge on any atom is 0.229 e. The van der Waals surface area contributed by atoms with Crippen molar-refractivity contribution >= 4 is 17.4 Å². The van der Waals surface area contributed by atoms with Gasteiger partial charge < -0.3 is 14.5 Å². The number of rotatable bonds is 5. The van der Waals surface area contributed by atoms with E-state index >= 15 is 0 Å². The average Bonchev–Trinajstić information content (AvgIpc) is 2.69. The van der Waals surface area contributed by atoms with Crippen LogP contribution in [0.2, 0.25) is 0 Å². The second kappa shape index (κ2) is 8.36. The van der Waals surface area contributed by atoms with Crippen molar-refractivity contribution in [1.29, 1.82) is 5.26 Å². The molecule has 1 heterocycles. The van der Waals surface area contributed by atoms with E-state index in [1.807, 2.05) is 39.2 Å². The second-order valence-electron chi connectivity index (χ2n) is 7.63. The summed E-state index contributed by atoms with van der Waals surface area (Å²) < 4.78 is 5.93. The number of Topliss-reactive ketones (excluding diaryl/α,β-unsaturated/α-hetero) is 1. The Labute approximate surface area is 171 Å². The highest BCUT2D eigenvalue weighted by atomic mass is 16.5. The Balaban J connectivity index is 1.87. The van der Waals surface area contributed by atoms with Gasteiger partial charge in [-0.15, -0.1) is 0 Å². The van der Waals surface area contributed by atoms with Gasteiger partial charge in [0, 0.05) is 45.0 Å². The number of fused-ring (bicyclic) bond motifs is 1. The molecule has 0 saturated heterocycles. The summed E-state index contributed by atoms with van der Waals surface area (Å²) in [7, 11) is 5.40. The lowest BCUT2D eigenvalue weighted by atomic mass is 9.91. The Morgan fingerprint density at radius 1 is 1.34 bits per heavy atom. The third-order valence-corrected chi connectivity index (χ3v) is 5.12. The molecule has 2 aliphatic rings. The van der Waals surface area contributed by atoms with Crippen LogP contribution < -0.4 is 4.90 Å². The highest BCUT2D eigenvalue weighted by molar-refractivity contribution is 6.08. The number of hydrogen-bond acceptors (Lipinski definition) is 5. The number of nitrogens with zero attached hydrogens (tertiary/aromatic N) is 3. The Morgan fingerprint density at radius 2 is 2.10 bits per heavy atom. The van der Waals surface area contributed by atoms with E-state index in [0.717, 1.165) is 11.3 Å². The third kappa shape index (κ3) is 4.40. The van der Waals surface area contributed by atoms with Crippen LogP contribution in [0.1, 0.15) is 29.3 Å². The Morgan fingerprint density at radius 3 is 2.76 bits per heavy atom. The molecule has 0 saturated carbocycles. The minimum absolute atomic E-state index is 0.00697. The van der Waals surface area contributed by atoms with Crippen molar-refractivity contribution < 1.29 is 14.3 Å². The SMILES string of the molecule is CC1C=C(O/C(=C\N(C)C)C(=O)c2ccc3c(c2)CCC(=O)N3C)C=CC1C#N. The number of hydrogen-bond donors (Lipinski definition) is 0. The van der Waals surface area contributed by atoms with E-state index in [-0.39, 0.29) is 29.3 Å². The van der Waals surface area contributed by atoms with Gasteiger partial charge in [0.15, 0.2) is 5.76 Å². The van der Waals surface area contributed by atoms with Crippen LogP contribution in [-0.2, 0) is 16.0 Å². The molecule has 1 aromatic carbocycles. The number of anilines is 1. The lowest BCUT2D eigenvalue weighted by Gasteiger charge is -2.26. The van der Waals surface area contributed by atoms with E-state index in [9.17, 15) is 9.59 Å². The molecule has 0 spiro atoms. The molecule has 1 aliphatic heterocycles. The van der Waals surface area contributed by atoms with E-state index in [1.165, 1.54) is 0 Å². The summed E-state index contributed by atoms with van der Waals surface area (Å²) in [6.45, 7) is 1.94. The fourth-order valence-electron chi connectivity index (χ4n) is 3.45. The number of allylic oxidation sites excluding steroid dienone is 4. The van der Waals surface area contributed by atoms with Crippen LogP contribution in [0.3, 0.4) is 0 Å². The van der Waals surface area contributed by atoms with Crippen LogP contribution in [0.5, 0.6) is 0 Å². The van der Waals surface area contributed by atoms with Crippen molar-refractivity contribution in [1.82, 2.24) is 4.90 Å². The quantitative estimate of drug-likeness (QED) is 0.437. The lowest BCUT2D eigenvalue weighted by molar-refractivity contribution is -0.118. The molecule has 0 bridgehead atoms. The lowest BCUT2D eigenvalue weighted by Crippen LogP contribution is -2.31. The molecular weight excluding hydrogens is 366 g/mol. The maximum absolute atomic E-state index is 13.2. The molecule has 2 unspecified atom stereocenters. The van der Waals surface area contributed by atoms with Crippen LogP contribution in [0.25, 0.3) is 0 Å². The first-order valence-corrected chi connectivity index (χ1v) is 9.60. The highest BCUT2D eigenvalue weighted by Gasteiger charge is 2.24. The number of benzene rings is 1. The number of nitriles is 1. The molecule has 0 radical (unpaired) electrons. The van der Waals surface area contributed by atoms with Crippen LogP contribution in [0, 0.1) is 23.2 Å². The molecule has 1 aliphatic carbocycles. The summed E-state index contributed by atoms with van der Waals surface area (Å²) in [4.78, 5) is 28.5. The summed E-state index contributed by atoms with van der Waals surface area (Å²) in [5.74, 6) is 0.411. The summed E-state index contributed by atoms with van der Waals surface area (Å²) in [5, 5.41) is 9.15. The number of carbonyl (C=O) groups excluding carboxylic acids is 2. The zero-order valence-corrected chi connectivity index (χ0v) is 17.2. The molecule has 0 aromatic heterocycles. The highest BCUT2D eigenvalue weighted by Crippen LogP contribution is 2.29. The zero-order chi connectivity index (χ0) is 21.1. The summed E-state index contributed by atoms with van der Waals surface area (Å²) in [6.07, 6.45) is 8.09. The van der Waals surface area contributed by atoms with Gasteiger partial charge >= 0.3 is 0 Å². The predicted molar refractivity (Wildman–Crippen MR) is 111 cm³/mol. The van der Waals surface area contributed by atoms with Crippen molar-refractivity contribution in [3.8, 4) is 6.07 Å². The first-order valence-electron chi connectivity index (χ1n) is 9.60. The van der Waals surface area contributed by atoms with E-state index in [1.54, 1.807) is 41.3 Å². The van der Waals surface area contributed by atoms with Gasteiger partial charge in [-0.25, -0.2) is 0 Å². The number of ether oxygens (including phenoxy) is 1. The van der Waals surface area contributed by atoms with Gasteiger partial charge in [-0.2, -0.15) is 5.26 Å². The van der Waals surface area contributed by atoms with Crippen LogP contribution in [-0.4, -0.2) is 37.7 Å². The Hall–Kier alpha value is -3.33. The predicted octanol–water partition coefficient (Wildman–Crippen LogP) is 3.43. The first kappa shape index (κ1) is 20.4. The topological polar surface area (TPSA) is 73.6 Å².